The number of nitrogens with one attached hydrogen (secondary N) is 1. The lowest BCUT2D eigenvalue weighted by atomic mass is 10.2. The van der Waals surface area contributed by atoms with E-state index in [0.29, 0.717) is 23.1 Å². The molecule has 0 fully saturated rings. The summed E-state index contributed by atoms with van der Waals surface area (Å²) in [6.07, 6.45) is 1.71. The molecule has 0 saturated heterocycles. The summed E-state index contributed by atoms with van der Waals surface area (Å²) in [7, 11) is 0. The molecule has 2 heterocycles. The van der Waals surface area contributed by atoms with Crippen molar-refractivity contribution in [3.8, 4) is 0 Å². The molecule has 1 N–H and O–H groups in total. The minimum Gasteiger partial charge on any atom is -0.332 e. The number of pyridine rings is 1. The van der Waals surface area contributed by atoms with Gasteiger partial charge in [-0.15, -0.1) is 0 Å². The smallest absolute Gasteiger partial charge is 0.237 e. The Balaban J connectivity index is 1.70. The van der Waals surface area contributed by atoms with E-state index in [4.69, 9.17) is 0 Å². The Morgan fingerprint density at radius 3 is 2.91 bits per heavy atom. The van der Waals surface area contributed by atoms with Crippen LogP contribution in [-0.4, -0.2) is 33.2 Å². The molecule has 6 heteroatoms. The third-order valence-corrected chi connectivity index (χ3v) is 4.36. The molecule has 0 aliphatic carbocycles. The van der Waals surface area contributed by atoms with Crippen LogP contribution in [0.4, 0.5) is 5.69 Å². The van der Waals surface area contributed by atoms with Crippen molar-refractivity contribution in [3.05, 3.63) is 48.2 Å². The van der Waals surface area contributed by atoms with Gasteiger partial charge in [0.15, 0.2) is 10.8 Å². The Hall–Kier alpha value is -2.34. The van der Waals surface area contributed by atoms with Gasteiger partial charge in [-0.05, 0) is 43.7 Å². The van der Waals surface area contributed by atoms with Gasteiger partial charge in [0.1, 0.15) is 0 Å². The van der Waals surface area contributed by atoms with Crippen LogP contribution in [-0.2, 0) is 4.79 Å². The van der Waals surface area contributed by atoms with Gasteiger partial charge in [0.2, 0.25) is 5.91 Å². The third kappa shape index (κ3) is 3.53. The maximum absolute atomic E-state index is 12.5. The van der Waals surface area contributed by atoms with Gasteiger partial charge in [0.05, 0.1) is 11.3 Å². The topological polar surface area (TPSA) is 61.9 Å². The van der Waals surface area contributed by atoms with E-state index in [1.54, 1.807) is 11.1 Å². The van der Waals surface area contributed by atoms with E-state index in [2.05, 4.69) is 15.0 Å². The monoisotopic (exact) mass is 326 g/mol. The van der Waals surface area contributed by atoms with Crippen LogP contribution in [0.15, 0.2) is 47.8 Å². The van der Waals surface area contributed by atoms with Crippen molar-refractivity contribution >= 4 is 34.5 Å². The van der Waals surface area contributed by atoms with E-state index in [1.165, 1.54) is 11.8 Å². The number of hydrogen-bond donors (Lipinski definition) is 1. The molecule has 3 rings (SSSR count). The molecule has 3 aromatic rings. The first-order chi connectivity index (χ1) is 11.2. The van der Waals surface area contributed by atoms with Crippen LogP contribution in [0.5, 0.6) is 0 Å². The summed E-state index contributed by atoms with van der Waals surface area (Å²) in [5, 5.41) is 0.715. The molecule has 2 aromatic heterocycles. The van der Waals surface area contributed by atoms with Gasteiger partial charge in [0, 0.05) is 18.4 Å². The summed E-state index contributed by atoms with van der Waals surface area (Å²) in [6, 6.07) is 11.8. The largest absolute Gasteiger partial charge is 0.332 e. The highest BCUT2D eigenvalue weighted by Gasteiger charge is 2.15. The predicted octanol–water partition coefficient (Wildman–Crippen LogP) is 3.41. The fourth-order valence-electron chi connectivity index (χ4n) is 2.40. The molecular weight excluding hydrogens is 308 g/mol. The highest BCUT2D eigenvalue weighted by atomic mass is 32.2. The molecule has 0 radical (unpaired) electrons. The Morgan fingerprint density at radius 1 is 1.30 bits per heavy atom. The maximum atomic E-state index is 12.5. The Kier molecular flexibility index (Phi) is 4.62. The second-order valence-corrected chi connectivity index (χ2v) is 6.15. The van der Waals surface area contributed by atoms with Gasteiger partial charge < -0.3 is 9.88 Å². The second kappa shape index (κ2) is 6.83. The minimum absolute atomic E-state index is 0.0662. The fraction of sp³-hybridized carbons (Fsp3) is 0.235. The van der Waals surface area contributed by atoms with Gasteiger partial charge in [-0.1, -0.05) is 23.9 Å². The Labute approximate surface area is 139 Å². The second-order valence-electron chi connectivity index (χ2n) is 5.18. The normalized spacial score (nSPS) is 10.9. The number of aromatic amines is 1. The van der Waals surface area contributed by atoms with Crippen molar-refractivity contribution in [1.82, 2.24) is 15.0 Å². The highest BCUT2D eigenvalue weighted by Crippen LogP contribution is 2.21. The molecule has 0 aliphatic heterocycles. The molecule has 5 nitrogen and oxygen atoms in total. The summed E-state index contributed by atoms with van der Waals surface area (Å²) in [5.41, 5.74) is 3.64. The predicted molar refractivity (Wildman–Crippen MR) is 93.8 cm³/mol. The molecule has 1 amide bonds. The van der Waals surface area contributed by atoms with Gasteiger partial charge >= 0.3 is 0 Å². The number of H-pyrrole nitrogens is 1. The van der Waals surface area contributed by atoms with Crippen molar-refractivity contribution in [3.63, 3.8) is 0 Å². The van der Waals surface area contributed by atoms with E-state index in [1.807, 2.05) is 50.2 Å². The van der Waals surface area contributed by atoms with E-state index in [-0.39, 0.29) is 5.91 Å². The first kappa shape index (κ1) is 15.6. The summed E-state index contributed by atoms with van der Waals surface area (Å²) in [4.78, 5) is 26.1. The summed E-state index contributed by atoms with van der Waals surface area (Å²) >= 11 is 1.40. The number of hydrogen-bond acceptors (Lipinski definition) is 4. The number of thioether (sulfide) groups is 1. The zero-order chi connectivity index (χ0) is 16.2. The highest BCUT2D eigenvalue weighted by molar-refractivity contribution is 7.99. The van der Waals surface area contributed by atoms with Crippen LogP contribution >= 0.6 is 11.8 Å². The molecule has 0 aliphatic rings. The number of amides is 1. The maximum Gasteiger partial charge on any atom is 0.237 e. The lowest BCUT2D eigenvalue weighted by Gasteiger charge is -2.21. The molecule has 0 unspecified atom stereocenters. The molecule has 0 atom stereocenters. The van der Waals surface area contributed by atoms with E-state index < -0.39 is 0 Å². The first-order valence-corrected chi connectivity index (χ1v) is 8.46. The number of benzene rings is 1. The van der Waals surface area contributed by atoms with Crippen LogP contribution in [0.2, 0.25) is 0 Å². The van der Waals surface area contributed by atoms with Crippen molar-refractivity contribution in [2.45, 2.75) is 19.0 Å². The van der Waals surface area contributed by atoms with Crippen molar-refractivity contribution in [2.75, 3.05) is 17.2 Å². The summed E-state index contributed by atoms with van der Waals surface area (Å²) < 4.78 is 0. The number of imidazole rings is 1. The van der Waals surface area contributed by atoms with Gasteiger partial charge in [-0.3, -0.25) is 4.79 Å². The quantitative estimate of drug-likeness (QED) is 0.730. The van der Waals surface area contributed by atoms with Crippen LogP contribution in [0.1, 0.15) is 12.5 Å². The van der Waals surface area contributed by atoms with Crippen molar-refractivity contribution in [2.24, 2.45) is 0 Å². The molecule has 23 heavy (non-hydrogen) atoms. The van der Waals surface area contributed by atoms with E-state index in [0.717, 1.165) is 16.8 Å². The number of aryl methyl sites for hydroxylation is 1. The molecule has 1 aromatic carbocycles. The van der Waals surface area contributed by atoms with E-state index in [9.17, 15) is 4.79 Å². The summed E-state index contributed by atoms with van der Waals surface area (Å²) in [6.45, 7) is 4.65. The van der Waals surface area contributed by atoms with Crippen LogP contribution < -0.4 is 4.90 Å². The number of nitrogens with zero attached hydrogens (tertiary/aromatic N) is 3. The fourth-order valence-corrected chi connectivity index (χ4v) is 3.15. The average Bonchev–Trinajstić information content (AvgIpc) is 2.96. The SMILES string of the molecule is CCN(C(=O)CSc1nc2ncccc2[nH]1)c1cccc(C)c1. The van der Waals surface area contributed by atoms with Crippen molar-refractivity contribution in [1.29, 1.82) is 0 Å². The van der Waals surface area contributed by atoms with Crippen LogP contribution in [0.25, 0.3) is 11.2 Å². The number of carbonyl (C=O) groups is 1. The molecular formula is C17H18N4OS. The zero-order valence-electron chi connectivity index (χ0n) is 13.1. The van der Waals surface area contributed by atoms with Crippen molar-refractivity contribution < 1.29 is 4.79 Å². The molecule has 0 bridgehead atoms. The third-order valence-electron chi connectivity index (χ3n) is 3.50. The number of fused-ring (bicyclic) bond motifs is 1. The first-order valence-electron chi connectivity index (χ1n) is 7.48. The molecule has 118 valence electrons. The van der Waals surface area contributed by atoms with Gasteiger partial charge in [0.25, 0.3) is 0 Å². The average molecular weight is 326 g/mol. The van der Waals surface area contributed by atoms with Crippen LogP contribution in [0, 0.1) is 6.92 Å². The molecule has 0 spiro atoms. The lowest BCUT2D eigenvalue weighted by molar-refractivity contribution is -0.116. The number of anilines is 1. The minimum atomic E-state index is 0.0662. The standard InChI is InChI=1S/C17H18N4OS/c1-3-21(13-7-4-6-12(2)10-13)15(22)11-23-17-19-14-8-5-9-18-16(14)20-17/h4-10H,3,11H2,1-2H3,(H,18,19,20). The number of aromatic nitrogens is 3. The number of carbonyl (C=O) groups excluding carboxylic acids is 1. The number of rotatable bonds is 5. The summed E-state index contributed by atoms with van der Waals surface area (Å²) in [5.74, 6) is 0.401. The zero-order valence-corrected chi connectivity index (χ0v) is 13.9. The van der Waals surface area contributed by atoms with E-state index >= 15 is 0 Å². The Morgan fingerprint density at radius 2 is 2.17 bits per heavy atom. The van der Waals surface area contributed by atoms with Gasteiger partial charge in [-0.25, -0.2) is 9.97 Å². The molecule has 0 saturated carbocycles. The Bertz CT molecular complexity index is 797. The van der Waals surface area contributed by atoms with Gasteiger partial charge in [-0.2, -0.15) is 0 Å². The van der Waals surface area contributed by atoms with Crippen LogP contribution in [0.3, 0.4) is 0 Å². The lowest BCUT2D eigenvalue weighted by Crippen LogP contribution is -2.32.